The van der Waals surface area contributed by atoms with Gasteiger partial charge in [-0.15, -0.1) is 0 Å². The number of hydrogen-bond acceptors (Lipinski definition) is 6. The van der Waals surface area contributed by atoms with Gasteiger partial charge in [-0.25, -0.2) is 9.48 Å². The molecule has 1 aromatic carbocycles. The van der Waals surface area contributed by atoms with Gasteiger partial charge in [0, 0.05) is 19.7 Å². The summed E-state index contributed by atoms with van der Waals surface area (Å²) in [6.45, 7) is 0. The van der Waals surface area contributed by atoms with Gasteiger partial charge < -0.3 is 0 Å². The van der Waals surface area contributed by atoms with E-state index in [-0.39, 0.29) is 10.8 Å². The predicted molar refractivity (Wildman–Crippen MR) is 104 cm³/mol. The molecule has 28 heavy (non-hydrogen) atoms. The molecular weight excluding hydrogens is 382 g/mol. The highest BCUT2D eigenvalue weighted by molar-refractivity contribution is 7.99. The Labute approximate surface area is 165 Å². The third-order valence-electron chi connectivity index (χ3n) is 4.56. The van der Waals surface area contributed by atoms with Crippen molar-refractivity contribution in [2.75, 3.05) is 5.75 Å². The number of benzene rings is 1. The average Bonchev–Trinajstić information content (AvgIpc) is 2.71. The molecule has 1 aliphatic carbocycles. The molecule has 9 nitrogen and oxygen atoms in total. The number of thioether (sulfide) groups is 1. The lowest BCUT2D eigenvalue weighted by Crippen LogP contribution is -2.43. The topological polar surface area (TPSA) is 115 Å². The van der Waals surface area contributed by atoms with Crippen LogP contribution in [-0.4, -0.2) is 31.9 Å². The van der Waals surface area contributed by atoms with Crippen LogP contribution < -0.4 is 22.1 Å². The summed E-state index contributed by atoms with van der Waals surface area (Å²) in [7, 11) is 2.76. The summed E-state index contributed by atoms with van der Waals surface area (Å²) in [5.41, 5.74) is 6.53. The van der Waals surface area contributed by atoms with Gasteiger partial charge in [-0.1, -0.05) is 17.8 Å². The predicted octanol–water partition coefficient (Wildman–Crippen LogP) is -0.0889. The van der Waals surface area contributed by atoms with Gasteiger partial charge in [-0.3, -0.25) is 29.8 Å². The highest BCUT2D eigenvalue weighted by Crippen LogP contribution is 2.22. The van der Waals surface area contributed by atoms with Gasteiger partial charge in [-0.2, -0.15) is 5.10 Å². The van der Waals surface area contributed by atoms with Gasteiger partial charge in [0.2, 0.25) is 5.91 Å². The molecule has 0 saturated carbocycles. The van der Waals surface area contributed by atoms with Crippen LogP contribution in [-0.2, 0) is 31.7 Å². The van der Waals surface area contributed by atoms with Gasteiger partial charge in [0.05, 0.1) is 5.75 Å². The first-order valence-corrected chi connectivity index (χ1v) is 9.83. The van der Waals surface area contributed by atoms with Gasteiger partial charge in [0.15, 0.2) is 5.03 Å². The van der Waals surface area contributed by atoms with Crippen molar-refractivity contribution < 1.29 is 9.59 Å². The quantitative estimate of drug-likeness (QED) is 0.545. The summed E-state index contributed by atoms with van der Waals surface area (Å²) in [6.07, 6.45) is 4.27. The zero-order chi connectivity index (χ0) is 20.3. The minimum Gasteiger partial charge on any atom is -0.272 e. The zero-order valence-corrected chi connectivity index (χ0v) is 16.5. The Balaban J connectivity index is 1.55. The standard InChI is InChI=1S/C18H21N5O4S/c1-22-17(26)16(21-23(2)18(22)27)28-10-14(24)19-20-15(25)13-8-7-11-5-3-4-6-12(11)9-13/h7-9H,3-6,10H2,1-2H3,(H,19,24)(H,20,25). The van der Waals surface area contributed by atoms with E-state index >= 15 is 0 Å². The Kier molecular flexibility index (Phi) is 5.98. The van der Waals surface area contributed by atoms with Crippen LogP contribution in [0, 0.1) is 0 Å². The van der Waals surface area contributed by atoms with Crippen LogP contribution in [0.4, 0.5) is 0 Å². The van der Waals surface area contributed by atoms with Gasteiger partial charge in [0.25, 0.3) is 11.5 Å². The number of amides is 2. The SMILES string of the molecule is Cn1nc(SCC(=O)NNC(=O)c2ccc3c(c2)CCCC3)c(=O)n(C)c1=O. The fourth-order valence-electron chi connectivity index (χ4n) is 3.00. The lowest BCUT2D eigenvalue weighted by Gasteiger charge is -2.16. The summed E-state index contributed by atoms with van der Waals surface area (Å²) in [5, 5.41) is 3.88. The molecule has 0 spiro atoms. The van der Waals surface area contributed by atoms with Crippen molar-refractivity contribution in [1.82, 2.24) is 25.2 Å². The Morgan fingerprint density at radius 3 is 2.57 bits per heavy atom. The first-order chi connectivity index (χ1) is 13.4. The van der Waals surface area contributed by atoms with Crippen LogP contribution in [0.25, 0.3) is 0 Å². The van der Waals surface area contributed by atoms with Crippen molar-refractivity contribution in [3.8, 4) is 0 Å². The molecule has 0 unspecified atom stereocenters. The number of nitrogens with one attached hydrogen (secondary N) is 2. The fourth-order valence-corrected chi connectivity index (χ4v) is 3.78. The smallest absolute Gasteiger partial charge is 0.272 e. The molecule has 2 N–H and O–H groups in total. The van der Waals surface area contributed by atoms with E-state index in [1.54, 1.807) is 6.07 Å². The van der Waals surface area contributed by atoms with E-state index in [4.69, 9.17) is 0 Å². The number of carbonyl (C=O) groups excluding carboxylic acids is 2. The molecule has 0 radical (unpaired) electrons. The van der Waals surface area contributed by atoms with Crippen molar-refractivity contribution in [2.45, 2.75) is 30.7 Å². The van der Waals surface area contributed by atoms with Crippen LogP contribution in [0.15, 0.2) is 32.8 Å². The highest BCUT2D eigenvalue weighted by Gasteiger charge is 2.15. The molecule has 3 rings (SSSR count). The van der Waals surface area contributed by atoms with E-state index in [1.165, 1.54) is 31.6 Å². The average molecular weight is 403 g/mol. The molecule has 0 atom stereocenters. The van der Waals surface area contributed by atoms with Crippen LogP contribution in [0.2, 0.25) is 0 Å². The molecule has 0 aliphatic heterocycles. The number of carbonyl (C=O) groups is 2. The summed E-state index contributed by atoms with van der Waals surface area (Å²) in [6, 6.07) is 5.57. The van der Waals surface area contributed by atoms with Crippen molar-refractivity contribution >= 4 is 23.6 Å². The second-order valence-electron chi connectivity index (χ2n) is 6.56. The molecule has 148 valence electrons. The van der Waals surface area contributed by atoms with E-state index in [9.17, 15) is 19.2 Å². The molecule has 2 amide bonds. The Bertz CT molecular complexity index is 1040. The summed E-state index contributed by atoms with van der Waals surface area (Å²) >= 11 is 0.891. The molecule has 10 heteroatoms. The minimum absolute atomic E-state index is 0.0285. The van der Waals surface area contributed by atoms with Crippen LogP contribution in [0.1, 0.15) is 34.3 Å². The number of hydrazine groups is 1. The van der Waals surface area contributed by atoms with Crippen molar-refractivity contribution in [2.24, 2.45) is 14.1 Å². The number of nitrogens with zero attached hydrogens (tertiary/aromatic N) is 3. The Hall–Kier alpha value is -2.88. The number of hydrogen-bond donors (Lipinski definition) is 2. The molecule has 1 aliphatic rings. The minimum atomic E-state index is -0.570. The van der Waals surface area contributed by atoms with Crippen molar-refractivity contribution in [1.29, 1.82) is 0 Å². The number of aromatic nitrogens is 3. The van der Waals surface area contributed by atoms with Crippen molar-refractivity contribution in [3.05, 3.63) is 55.7 Å². The van der Waals surface area contributed by atoms with Gasteiger partial charge in [0.1, 0.15) is 0 Å². The Morgan fingerprint density at radius 2 is 1.82 bits per heavy atom. The van der Waals surface area contributed by atoms with Crippen LogP contribution in [0.5, 0.6) is 0 Å². The molecule has 1 aromatic heterocycles. The van der Waals surface area contributed by atoms with Gasteiger partial charge >= 0.3 is 5.69 Å². The number of rotatable bonds is 4. The molecular formula is C18H21N5O4S. The number of fused-ring (bicyclic) bond motifs is 1. The monoisotopic (exact) mass is 403 g/mol. The van der Waals surface area contributed by atoms with E-state index < -0.39 is 23.1 Å². The lowest BCUT2D eigenvalue weighted by atomic mass is 9.90. The third-order valence-corrected chi connectivity index (χ3v) is 5.49. The first kappa shape index (κ1) is 19.9. The third kappa shape index (κ3) is 4.33. The van der Waals surface area contributed by atoms with Gasteiger partial charge in [-0.05, 0) is 48.9 Å². The molecule has 2 aromatic rings. The highest BCUT2D eigenvalue weighted by atomic mass is 32.2. The Morgan fingerprint density at radius 1 is 1.11 bits per heavy atom. The molecule has 0 bridgehead atoms. The fraction of sp³-hybridized carbons (Fsp3) is 0.389. The molecule has 0 fully saturated rings. The summed E-state index contributed by atoms with van der Waals surface area (Å²) in [4.78, 5) is 47.8. The molecule has 1 heterocycles. The number of aryl methyl sites for hydroxylation is 3. The zero-order valence-electron chi connectivity index (χ0n) is 15.7. The second-order valence-corrected chi connectivity index (χ2v) is 7.52. The van der Waals surface area contributed by atoms with E-state index in [0.717, 1.165) is 40.3 Å². The van der Waals surface area contributed by atoms with E-state index in [1.807, 2.05) is 12.1 Å². The lowest BCUT2D eigenvalue weighted by molar-refractivity contribution is -0.119. The van der Waals surface area contributed by atoms with E-state index in [0.29, 0.717) is 5.56 Å². The molecule has 0 saturated heterocycles. The maximum absolute atomic E-state index is 12.3. The van der Waals surface area contributed by atoms with Crippen molar-refractivity contribution in [3.63, 3.8) is 0 Å². The van der Waals surface area contributed by atoms with Crippen LogP contribution >= 0.6 is 11.8 Å². The summed E-state index contributed by atoms with van der Waals surface area (Å²) in [5.74, 6) is -1.03. The summed E-state index contributed by atoms with van der Waals surface area (Å²) < 4.78 is 1.95. The van der Waals surface area contributed by atoms with E-state index in [2.05, 4.69) is 16.0 Å². The first-order valence-electron chi connectivity index (χ1n) is 8.85. The largest absolute Gasteiger partial charge is 0.346 e. The second kappa shape index (κ2) is 8.42. The maximum atomic E-state index is 12.3. The maximum Gasteiger partial charge on any atom is 0.346 e. The van der Waals surface area contributed by atoms with Crippen LogP contribution in [0.3, 0.4) is 0 Å². The normalized spacial score (nSPS) is 12.9.